The molecule has 1 aliphatic heterocycles. The van der Waals surface area contributed by atoms with E-state index in [1.54, 1.807) is 11.3 Å². The van der Waals surface area contributed by atoms with Crippen LogP contribution in [-0.2, 0) is 6.42 Å². The van der Waals surface area contributed by atoms with Gasteiger partial charge in [0.2, 0.25) is 0 Å². The van der Waals surface area contributed by atoms with Gasteiger partial charge in [-0.25, -0.2) is 4.98 Å². The van der Waals surface area contributed by atoms with Crippen molar-refractivity contribution in [3.8, 4) is 0 Å². The quantitative estimate of drug-likeness (QED) is 0.751. The summed E-state index contributed by atoms with van der Waals surface area (Å²) in [5, 5.41) is 6.47. The summed E-state index contributed by atoms with van der Waals surface area (Å²) < 4.78 is 2.00. The van der Waals surface area contributed by atoms with Crippen LogP contribution in [0.3, 0.4) is 0 Å². The average Bonchev–Trinajstić information content (AvgIpc) is 3.33. The molecule has 1 unspecified atom stereocenters. The van der Waals surface area contributed by atoms with E-state index in [4.69, 9.17) is 0 Å². The number of imidazole rings is 1. The monoisotopic (exact) mass is 340 g/mol. The van der Waals surface area contributed by atoms with Crippen molar-refractivity contribution in [2.24, 2.45) is 0 Å². The highest BCUT2D eigenvalue weighted by Gasteiger charge is 2.19. The average molecular weight is 340 g/mol. The summed E-state index contributed by atoms with van der Waals surface area (Å²) in [5.74, 6) is 0.00742. The maximum atomic E-state index is 12.3. The van der Waals surface area contributed by atoms with Gasteiger partial charge in [0, 0.05) is 36.3 Å². The number of hydrogen-bond donors (Lipinski definition) is 2. The molecule has 5 nitrogen and oxygen atoms in total. The molecule has 1 atom stereocenters. The fourth-order valence-corrected chi connectivity index (χ4v) is 4.12. The molecule has 1 aliphatic rings. The van der Waals surface area contributed by atoms with E-state index in [1.807, 2.05) is 41.1 Å². The molecule has 3 aromatic heterocycles. The summed E-state index contributed by atoms with van der Waals surface area (Å²) in [6.07, 6.45) is 7.10. The Balaban J connectivity index is 1.33. The lowest BCUT2D eigenvalue weighted by Crippen LogP contribution is -2.24. The van der Waals surface area contributed by atoms with Crippen molar-refractivity contribution < 1.29 is 4.79 Å². The molecule has 1 fully saturated rings. The predicted octanol–water partition coefficient (Wildman–Crippen LogP) is 2.79. The molecule has 0 saturated carbocycles. The summed E-state index contributed by atoms with van der Waals surface area (Å²) in [6, 6.07) is 10.4. The highest BCUT2D eigenvalue weighted by Crippen LogP contribution is 2.29. The third-order valence-electron chi connectivity index (χ3n) is 4.33. The molecule has 0 aromatic carbocycles. The minimum absolute atomic E-state index is 0.00742. The van der Waals surface area contributed by atoms with E-state index in [-0.39, 0.29) is 5.91 Å². The van der Waals surface area contributed by atoms with Crippen LogP contribution in [0.1, 0.15) is 39.1 Å². The Morgan fingerprint density at radius 1 is 1.38 bits per heavy atom. The maximum absolute atomic E-state index is 12.3. The molecular weight excluding hydrogens is 320 g/mol. The first-order chi connectivity index (χ1) is 11.8. The van der Waals surface area contributed by atoms with Gasteiger partial charge >= 0.3 is 0 Å². The largest absolute Gasteiger partial charge is 0.351 e. The van der Waals surface area contributed by atoms with Crippen LogP contribution in [0.5, 0.6) is 0 Å². The third kappa shape index (κ3) is 3.20. The van der Waals surface area contributed by atoms with Gasteiger partial charge in [-0.05, 0) is 43.7 Å². The van der Waals surface area contributed by atoms with E-state index in [2.05, 4.69) is 21.7 Å². The number of rotatable bonds is 5. The predicted molar refractivity (Wildman–Crippen MR) is 95.5 cm³/mol. The molecule has 0 radical (unpaired) electrons. The fraction of sp³-hybridized carbons (Fsp3) is 0.333. The lowest BCUT2D eigenvalue weighted by atomic mass is 10.2. The van der Waals surface area contributed by atoms with Crippen LogP contribution in [-0.4, -0.2) is 28.4 Å². The number of aromatic nitrogens is 2. The van der Waals surface area contributed by atoms with E-state index >= 15 is 0 Å². The second-order valence-corrected chi connectivity index (χ2v) is 7.17. The molecule has 0 aliphatic carbocycles. The molecule has 3 aromatic rings. The number of pyridine rings is 1. The minimum Gasteiger partial charge on any atom is -0.351 e. The van der Waals surface area contributed by atoms with Gasteiger partial charge in [0.1, 0.15) is 5.65 Å². The molecule has 2 N–H and O–H groups in total. The first kappa shape index (κ1) is 15.4. The van der Waals surface area contributed by atoms with Crippen LogP contribution in [0.15, 0.2) is 42.7 Å². The number of amides is 1. The van der Waals surface area contributed by atoms with Gasteiger partial charge in [-0.2, -0.15) is 0 Å². The zero-order valence-electron chi connectivity index (χ0n) is 13.4. The molecule has 1 saturated heterocycles. The highest BCUT2D eigenvalue weighted by atomic mass is 32.1. The van der Waals surface area contributed by atoms with Gasteiger partial charge < -0.3 is 15.0 Å². The molecule has 4 heterocycles. The van der Waals surface area contributed by atoms with Crippen molar-refractivity contribution in [3.05, 3.63) is 58.2 Å². The van der Waals surface area contributed by atoms with Gasteiger partial charge in [0.25, 0.3) is 5.91 Å². The van der Waals surface area contributed by atoms with Crippen molar-refractivity contribution in [1.82, 2.24) is 20.0 Å². The fourth-order valence-electron chi connectivity index (χ4n) is 3.09. The smallest absolute Gasteiger partial charge is 0.261 e. The number of carbonyl (C=O) groups is 1. The summed E-state index contributed by atoms with van der Waals surface area (Å²) >= 11 is 1.59. The van der Waals surface area contributed by atoms with Crippen LogP contribution >= 0.6 is 11.3 Å². The first-order valence-electron chi connectivity index (χ1n) is 8.33. The second-order valence-electron chi connectivity index (χ2n) is 6.06. The number of thiophene rings is 1. The standard InChI is InChI=1S/C18H20N4OS/c23-18(16-7-6-15(24-16)14-4-3-9-19-14)20-10-8-13-12-22-11-2-1-5-17(22)21-13/h1-2,5-7,11-12,14,19H,3-4,8-10H2,(H,20,23). The van der Waals surface area contributed by atoms with Gasteiger partial charge in [0.05, 0.1) is 10.6 Å². The maximum Gasteiger partial charge on any atom is 0.261 e. The molecule has 6 heteroatoms. The second kappa shape index (κ2) is 6.75. The van der Waals surface area contributed by atoms with Crippen molar-refractivity contribution in [3.63, 3.8) is 0 Å². The van der Waals surface area contributed by atoms with E-state index in [1.165, 1.54) is 11.3 Å². The number of nitrogens with zero attached hydrogens (tertiary/aromatic N) is 2. The summed E-state index contributed by atoms with van der Waals surface area (Å²) in [4.78, 5) is 18.9. The van der Waals surface area contributed by atoms with Crippen molar-refractivity contribution >= 4 is 22.9 Å². The molecule has 124 valence electrons. The van der Waals surface area contributed by atoms with E-state index in [0.717, 1.165) is 35.6 Å². The van der Waals surface area contributed by atoms with Gasteiger partial charge in [-0.1, -0.05) is 6.07 Å². The van der Waals surface area contributed by atoms with Gasteiger partial charge in [0.15, 0.2) is 0 Å². The lowest BCUT2D eigenvalue weighted by Gasteiger charge is -2.06. The zero-order valence-corrected chi connectivity index (χ0v) is 14.2. The number of carbonyl (C=O) groups excluding carboxylic acids is 1. The Morgan fingerprint density at radius 2 is 2.33 bits per heavy atom. The van der Waals surface area contributed by atoms with Crippen LogP contribution in [0.25, 0.3) is 5.65 Å². The topological polar surface area (TPSA) is 58.4 Å². The summed E-state index contributed by atoms with van der Waals surface area (Å²) in [6.45, 7) is 1.67. The van der Waals surface area contributed by atoms with Gasteiger partial charge in [-0.3, -0.25) is 4.79 Å². The highest BCUT2D eigenvalue weighted by molar-refractivity contribution is 7.14. The number of nitrogens with one attached hydrogen (secondary N) is 2. The molecule has 0 spiro atoms. The SMILES string of the molecule is O=C(NCCc1cn2ccccc2n1)c1ccc(C2CCCN2)s1. The molecule has 1 amide bonds. The first-order valence-corrected chi connectivity index (χ1v) is 9.15. The van der Waals surface area contributed by atoms with Crippen LogP contribution in [0.2, 0.25) is 0 Å². The normalized spacial score (nSPS) is 17.4. The number of hydrogen-bond acceptors (Lipinski definition) is 4. The Kier molecular flexibility index (Phi) is 4.32. The van der Waals surface area contributed by atoms with Crippen LogP contribution in [0, 0.1) is 0 Å². The van der Waals surface area contributed by atoms with E-state index in [0.29, 0.717) is 12.6 Å². The third-order valence-corrected chi connectivity index (χ3v) is 5.53. The molecule has 24 heavy (non-hydrogen) atoms. The number of fused-ring (bicyclic) bond motifs is 1. The lowest BCUT2D eigenvalue weighted by molar-refractivity contribution is 0.0958. The summed E-state index contributed by atoms with van der Waals surface area (Å²) in [7, 11) is 0. The molecule has 4 rings (SSSR count). The Morgan fingerprint density at radius 3 is 3.17 bits per heavy atom. The Bertz CT molecular complexity index is 814. The Hall–Kier alpha value is -2.18. The minimum atomic E-state index is 0.00742. The van der Waals surface area contributed by atoms with Crippen LogP contribution < -0.4 is 10.6 Å². The van der Waals surface area contributed by atoms with E-state index < -0.39 is 0 Å². The zero-order chi connectivity index (χ0) is 16.4. The molecule has 0 bridgehead atoms. The van der Waals surface area contributed by atoms with Crippen molar-refractivity contribution in [2.45, 2.75) is 25.3 Å². The van der Waals surface area contributed by atoms with Crippen molar-refractivity contribution in [1.29, 1.82) is 0 Å². The summed E-state index contributed by atoms with van der Waals surface area (Å²) in [5.41, 5.74) is 1.93. The van der Waals surface area contributed by atoms with Gasteiger partial charge in [-0.15, -0.1) is 11.3 Å². The van der Waals surface area contributed by atoms with Crippen molar-refractivity contribution in [2.75, 3.05) is 13.1 Å². The Labute approximate surface area is 144 Å². The van der Waals surface area contributed by atoms with E-state index in [9.17, 15) is 4.79 Å². The molecular formula is C18H20N4OS. The van der Waals surface area contributed by atoms with Crippen LogP contribution in [0.4, 0.5) is 0 Å².